The van der Waals surface area contributed by atoms with E-state index in [9.17, 15) is 8.42 Å². The first kappa shape index (κ1) is 12.4. The molecule has 94 valence electrons. The molecule has 0 aliphatic rings. The molecule has 0 spiro atoms. The highest BCUT2D eigenvalue weighted by atomic mass is 32.2. The van der Waals surface area contributed by atoms with Gasteiger partial charge in [-0.1, -0.05) is 12.1 Å². The van der Waals surface area contributed by atoms with E-state index in [0.717, 1.165) is 0 Å². The Kier molecular flexibility index (Phi) is 3.25. The molecule has 5 heteroatoms. The topological polar surface area (TPSA) is 80.4 Å². The molecular formula is C13H13NO3S. The predicted molar refractivity (Wildman–Crippen MR) is 69.9 cm³/mol. The predicted octanol–water partition coefficient (Wildman–Crippen LogP) is 1.95. The smallest absolute Gasteiger partial charge is 0.182 e. The summed E-state index contributed by atoms with van der Waals surface area (Å²) in [7, 11) is -3.38. The Hall–Kier alpha value is -2.01. The van der Waals surface area contributed by atoms with Crippen LogP contribution in [0, 0.1) is 0 Å². The first-order valence-electron chi connectivity index (χ1n) is 5.33. The number of nitrogen functional groups attached to an aromatic ring is 1. The molecule has 0 radical (unpaired) electrons. The van der Waals surface area contributed by atoms with Crippen molar-refractivity contribution in [3.05, 3.63) is 54.1 Å². The third-order valence-electron chi connectivity index (χ3n) is 2.53. The van der Waals surface area contributed by atoms with Gasteiger partial charge in [0.2, 0.25) is 0 Å². The molecule has 0 heterocycles. The number of hydrogen-bond donors (Lipinski definition) is 2. The molecule has 0 aliphatic heterocycles. The summed E-state index contributed by atoms with van der Waals surface area (Å²) in [6.07, 6.45) is 0. The van der Waals surface area contributed by atoms with Crippen molar-refractivity contribution >= 4 is 15.5 Å². The van der Waals surface area contributed by atoms with Crippen molar-refractivity contribution in [2.45, 2.75) is 10.6 Å². The summed E-state index contributed by atoms with van der Waals surface area (Å²) in [5.41, 5.74) is 6.67. The molecule has 0 unspecified atom stereocenters. The number of nitrogens with two attached hydrogens (primary N) is 1. The second-order valence-electron chi connectivity index (χ2n) is 3.99. The minimum Gasteiger partial charge on any atom is -0.508 e. The minimum absolute atomic E-state index is 0.100. The van der Waals surface area contributed by atoms with Gasteiger partial charge in [-0.2, -0.15) is 0 Å². The van der Waals surface area contributed by atoms with Crippen LogP contribution in [-0.4, -0.2) is 13.5 Å². The number of benzene rings is 2. The van der Waals surface area contributed by atoms with E-state index in [0.29, 0.717) is 11.3 Å². The molecule has 0 saturated heterocycles. The van der Waals surface area contributed by atoms with Crippen molar-refractivity contribution in [3.8, 4) is 5.75 Å². The van der Waals surface area contributed by atoms with Gasteiger partial charge in [0.25, 0.3) is 0 Å². The molecule has 0 amide bonds. The summed E-state index contributed by atoms with van der Waals surface area (Å²) >= 11 is 0. The van der Waals surface area contributed by atoms with Crippen LogP contribution in [0.3, 0.4) is 0 Å². The highest BCUT2D eigenvalue weighted by Crippen LogP contribution is 2.19. The van der Waals surface area contributed by atoms with E-state index in [1.54, 1.807) is 24.3 Å². The van der Waals surface area contributed by atoms with Gasteiger partial charge in [0.05, 0.1) is 10.6 Å². The number of phenols is 1. The van der Waals surface area contributed by atoms with Gasteiger partial charge in [-0.15, -0.1) is 0 Å². The fourth-order valence-corrected chi connectivity index (χ4v) is 2.92. The molecule has 0 aromatic heterocycles. The quantitative estimate of drug-likeness (QED) is 0.829. The van der Waals surface area contributed by atoms with Crippen molar-refractivity contribution in [1.29, 1.82) is 0 Å². The lowest BCUT2D eigenvalue weighted by atomic mass is 10.2. The fraction of sp³-hybridized carbons (Fsp3) is 0.0769. The van der Waals surface area contributed by atoms with Crippen LogP contribution < -0.4 is 5.73 Å². The Bertz CT molecular complexity index is 631. The fourth-order valence-electron chi connectivity index (χ4n) is 1.57. The van der Waals surface area contributed by atoms with Crippen LogP contribution in [0.4, 0.5) is 5.69 Å². The number of sulfone groups is 1. The Morgan fingerprint density at radius 3 is 2.06 bits per heavy atom. The lowest BCUT2D eigenvalue weighted by Crippen LogP contribution is -2.04. The third kappa shape index (κ3) is 2.81. The van der Waals surface area contributed by atoms with Gasteiger partial charge in [0.15, 0.2) is 9.84 Å². The monoisotopic (exact) mass is 263 g/mol. The summed E-state index contributed by atoms with van der Waals surface area (Å²) in [6, 6.07) is 12.2. The molecule has 4 nitrogen and oxygen atoms in total. The zero-order valence-electron chi connectivity index (χ0n) is 9.58. The molecule has 0 bridgehead atoms. The highest BCUT2D eigenvalue weighted by Gasteiger charge is 2.14. The summed E-state index contributed by atoms with van der Waals surface area (Å²) in [5, 5.41) is 9.14. The molecule has 3 N–H and O–H groups in total. The van der Waals surface area contributed by atoms with Crippen LogP contribution >= 0.6 is 0 Å². The van der Waals surface area contributed by atoms with Gasteiger partial charge in [-0.25, -0.2) is 8.42 Å². The van der Waals surface area contributed by atoms with E-state index in [-0.39, 0.29) is 16.4 Å². The summed E-state index contributed by atoms with van der Waals surface area (Å²) in [4.78, 5) is 0.241. The normalized spacial score (nSPS) is 11.3. The average molecular weight is 263 g/mol. The molecule has 2 aromatic rings. The van der Waals surface area contributed by atoms with Crippen LogP contribution in [0.1, 0.15) is 5.56 Å². The zero-order valence-corrected chi connectivity index (χ0v) is 10.4. The number of phenolic OH excluding ortho intramolecular Hbond substituents is 1. The van der Waals surface area contributed by atoms with Gasteiger partial charge in [0.1, 0.15) is 5.75 Å². The van der Waals surface area contributed by atoms with Crippen molar-refractivity contribution < 1.29 is 13.5 Å². The van der Waals surface area contributed by atoms with E-state index in [4.69, 9.17) is 10.8 Å². The Morgan fingerprint density at radius 1 is 0.944 bits per heavy atom. The Balaban J connectivity index is 2.27. The van der Waals surface area contributed by atoms with E-state index in [2.05, 4.69) is 0 Å². The van der Waals surface area contributed by atoms with Crippen LogP contribution in [0.2, 0.25) is 0 Å². The minimum atomic E-state index is -3.38. The van der Waals surface area contributed by atoms with Crippen LogP contribution in [0.15, 0.2) is 53.4 Å². The average Bonchev–Trinajstić information content (AvgIpc) is 2.32. The lowest BCUT2D eigenvalue weighted by molar-refractivity contribution is 0.475. The Labute approximate surface area is 106 Å². The third-order valence-corrected chi connectivity index (χ3v) is 4.24. The summed E-state index contributed by atoms with van der Waals surface area (Å²) < 4.78 is 24.2. The second kappa shape index (κ2) is 4.70. The summed E-state index contributed by atoms with van der Waals surface area (Å²) in [5.74, 6) is 0.0145. The second-order valence-corrected chi connectivity index (χ2v) is 5.98. The maximum Gasteiger partial charge on any atom is 0.182 e. The van der Waals surface area contributed by atoms with E-state index < -0.39 is 9.84 Å². The van der Waals surface area contributed by atoms with E-state index in [1.165, 1.54) is 24.3 Å². The highest BCUT2D eigenvalue weighted by molar-refractivity contribution is 7.90. The van der Waals surface area contributed by atoms with Gasteiger partial charge in [-0.3, -0.25) is 0 Å². The number of aromatic hydroxyl groups is 1. The molecular weight excluding hydrogens is 250 g/mol. The van der Waals surface area contributed by atoms with Gasteiger partial charge in [0, 0.05) is 5.69 Å². The SMILES string of the molecule is Nc1ccc(S(=O)(=O)Cc2ccc(O)cc2)cc1. The molecule has 0 aliphatic carbocycles. The van der Waals surface area contributed by atoms with Crippen molar-refractivity contribution in [2.75, 3.05) is 5.73 Å². The lowest BCUT2D eigenvalue weighted by Gasteiger charge is -2.05. The van der Waals surface area contributed by atoms with Crippen molar-refractivity contribution in [1.82, 2.24) is 0 Å². The van der Waals surface area contributed by atoms with Gasteiger partial charge >= 0.3 is 0 Å². The van der Waals surface area contributed by atoms with Crippen LogP contribution in [0.25, 0.3) is 0 Å². The largest absolute Gasteiger partial charge is 0.508 e. The molecule has 0 saturated carbocycles. The van der Waals surface area contributed by atoms with Crippen LogP contribution in [-0.2, 0) is 15.6 Å². The van der Waals surface area contributed by atoms with Gasteiger partial charge < -0.3 is 10.8 Å². The Morgan fingerprint density at radius 2 is 1.50 bits per heavy atom. The maximum absolute atomic E-state index is 12.1. The van der Waals surface area contributed by atoms with Crippen molar-refractivity contribution in [3.63, 3.8) is 0 Å². The van der Waals surface area contributed by atoms with Crippen LogP contribution in [0.5, 0.6) is 5.75 Å². The molecule has 2 aromatic carbocycles. The first-order valence-corrected chi connectivity index (χ1v) is 6.99. The molecule has 0 atom stereocenters. The van der Waals surface area contributed by atoms with E-state index in [1.807, 2.05) is 0 Å². The van der Waals surface area contributed by atoms with E-state index >= 15 is 0 Å². The standard InChI is InChI=1S/C13H13NO3S/c14-11-3-7-13(8-4-11)18(16,17)9-10-1-5-12(15)6-2-10/h1-8,15H,9,14H2. The summed E-state index contributed by atoms with van der Waals surface area (Å²) in [6.45, 7) is 0. The molecule has 0 fully saturated rings. The maximum atomic E-state index is 12.1. The van der Waals surface area contributed by atoms with Gasteiger partial charge in [-0.05, 0) is 42.0 Å². The first-order chi connectivity index (χ1) is 8.47. The zero-order chi connectivity index (χ0) is 13.2. The number of anilines is 1. The number of rotatable bonds is 3. The molecule has 2 rings (SSSR count). The molecule has 18 heavy (non-hydrogen) atoms. The number of hydrogen-bond acceptors (Lipinski definition) is 4. The van der Waals surface area contributed by atoms with Crippen molar-refractivity contribution in [2.24, 2.45) is 0 Å².